The van der Waals surface area contributed by atoms with Gasteiger partial charge in [0.2, 0.25) is 0 Å². The number of aliphatic hydroxyl groups excluding tert-OH is 4. The normalized spacial score (nSPS) is 45.3. The summed E-state index contributed by atoms with van der Waals surface area (Å²) in [5.74, 6) is -3.39. The fourth-order valence-corrected chi connectivity index (χ4v) is 3.71. The lowest BCUT2D eigenvalue weighted by Crippen LogP contribution is -2.67. The van der Waals surface area contributed by atoms with Crippen molar-refractivity contribution in [1.82, 2.24) is 0 Å². The molecule has 174 valence electrons. The molecule has 0 aromatic rings. The van der Waals surface area contributed by atoms with Crippen LogP contribution >= 0.6 is 0 Å². The molecule has 0 radical (unpaired) electrons. The zero-order chi connectivity index (χ0) is 22.2. The van der Waals surface area contributed by atoms with Gasteiger partial charge in [-0.15, -0.1) is 0 Å². The first kappa shape index (κ1) is 23.7. The Hall–Kier alpha value is -0.970. The van der Waals surface area contributed by atoms with Gasteiger partial charge in [0.15, 0.2) is 12.6 Å². The average molecular weight is 440 g/mol. The number of aliphatic carboxylic acids is 1. The highest BCUT2D eigenvalue weighted by Crippen LogP contribution is 2.35. The molecule has 0 amide bonds. The van der Waals surface area contributed by atoms with Gasteiger partial charge >= 0.3 is 5.97 Å². The Morgan fingerprint density at radius 2 is 1.80 bits per heavy atom. The van der Waals surface area contributed by atoms with E-state index < -0.39 is 73.2 Å². The van der Waals surface area contributed by atoms with Crippen LogP contribution in [0.25, 0.3) is 0 Å². The van der Waals surface area contributed by atoms with Crippen molar-refractivity contribution in [3.63, 3.8) is 0 Å². The summed E-state index contributed by atoms with van der Waals surface area (Å²) in [6, 6.07) is 0. The van der Waals surface area contributed by atoms with Crippen LogP contribution in [0.5, 0.6) is 0 Å². The molecule has 5 N–H and O–H groups in total. The molecule has 3 aliphatic heterocycles. The van der Waals surface area contributed by atoms with Crippen molar-refractivity contribution in [2.75, 3.05) is 27.4 Å². The standard InChI is InChI=1S/C17H28O13/c1-17(16(22)23)27-5-7-12(30-17)8(19)9(20)15(28-7)29-11-6(18)4-26-13(11)10(21)14(24-2)25-3/h6-15,18-21H,4-5H2,1-3H3,(H,22,23)/t6-,7+,8+,9+,10-,11+,12-,13-,15-,17-/m0/s1. The van der Waals surface area contributed by atoms with E-state index in [1.807, 2.05) is 0 Å². The van der Waals surface area contributed by atoms with Crippen LogP contribution in [0.1, 0.15) is 6.92 Å². The topological polar surface area (TPSA) is 183 Å². The number of aliphatic hydroxyl groups is 4. The quantitative estimate of drug-likeness (QED) is 0.249. The first-order chi connectivity index (χ1) is 14.1. The summed E-state index contributed by atoms with van der Waals surface area (Å²) >= 11 is 0. The molecular weight excluding hydrogens is 412 g/mol. The summed E-state index contributed by atoms with van der Waals surface area (Å²) in [5.41, 5.74) is 0. The molecule has 0 unspecified atom stereocenters. The van der Waals surface area contributed by atoms with Gasteiger partial charge in [-0.25, -0.2) is 4.79 Å². The molecule has 13 heteroatoms. The van der Waals surface area contributed by atoms with Gasteiger partial charge in [0.25, 0.3) is 5.79 Å². The monoisotopic (exact) mass is 440 g/mol. The minimum Gasteiger partial charge on any atom is -0.477 e. The van der Waals surface area contributed by atoms with Crippen molar-refractivity contribution in [3.05, 3.63) is 0 Å². The van der Waals surface area contributed by atoms with Gasteiger partial charge in [-0.2, -0.15) is 0 Å². The minimum absolute atomic E-state index is 0.160. The minimum atomic E-state index is -2.00. The number of methoxy groups -OCH3 is 2. The SMILES string of the molecule is COC(OC)[C@@H](O)[C@@H]1OC[C@H](O)[C@H]1O[C@@H]1O[C@@H]2CO[C@](C)(C(=O)O)O[C@@H]2[C@H](O)[C@H]1O. The highest BCUT2D eigenvalue weighted by atomic mass is 16.8. The second kappa shape index (κ2) is 9.26. The van der Waals surface area contributed by atoms with Gasteiger partial charge < -0.3 is 58.7 Å². The number of hydrogen-bond acceptors (Lipinski definition) is 12. The maximum atomic E-state index is 11.3. The van der Waals surface area contributed by atoms with E-state index in [1.165, 1.54) is 21.1 Å². The first-order valence-electron chi connectivity index (χ1n) is 9.38. The molecule has 10 atom stereocenters. The molecule has 0 saturated carbocycles. The summed E-state index contributed by atoms with van der Waals surface area (Å²) in [6.07, 6.45) is -12.6. The van der Waals surface area contributed by atoms with Crippen LogP contribution in [-0.4, -0.2) is 126 Å². The molecule has 0 aromatic carbocycles. The van der Waals surface area contributed by atoms with Crippen LogP contribution in [0.2, 0.25) is 0 Å². The van der Waals surface area contributed by atoms with Crippen LogP contribution in [0.15, 0.2) is 0 Å². The summed E-state index contributed by atoms with van der Waals surface area (Å²) in [5, 5.41) is 50.8. The predicted molar refractivity (Wildman–Crippen MR) is 92.0 cm³/mol. The summed E-state index contributed by atoms with van der Waals surface area (Å²) in [4.78, 5) is 11.3. The Labute approximate surface area is 171 Å². The van der Waals surface area contributed by atoms with Crippen molar-refractivity contribution in [1.29, 1.82) is 0 Å². The average Bonchev–Trinajstić information content (AvgIpc) is 3.07. The van der Waals surface area contributed by atoms with E-state index in [0.29, 0.717) is 0 Å². The summed E-state index contributed by atoms with van der Waals surface area (Å²) in [6.45, 7) is 0.767. The lowest BCUT2D eigenvalue weighted by molar-refractivity contribution is -0.385. The van der Waals surface area contributed by atoms with Gasteiger partial charge in [-0.3, -0.25) is 0 Å². The van der Waals surface area contributed by atoms with E-state index in [-0.39, 0.29) is 13.2 Å². The van der Waals surface area contributed by atoms with Gasteiger partial charge in [0, 0.05) is 21.1 Å². The molecule has 13 nitrogen and oxygen atoms in total. The Morgan fingerprint density at radius 1 is 1.13 bits per heavy atom. The number of carbonyl (C=O) groups is 1. The molecule has 30 heavy (non-hydrogen) atoms. The molecule has 0 spiro atoms. The van der Waals surface area contributed by atoms with Crippen molar-refractivity contribution < 1.29 is 63.5 Å². The molecule has 3 heterocycles. The van der Waals surface area contributed by atoms with E-state index in [2.05, 4.69) is 0 Å². The largest absolute Gasteiger partial charge is 0.477 e. The second-order valence-corrected chi connectivity index (χ2v) is 7.46. The lowest BCUT2D eigenvalue weighted by atomic mass is 9.97. The Morgan fingerprint density at radius 3 is 2.40 bits per heavy atom. The second-order valence-electron chi connectivity index (χ2n) is 7.46. The summed E-state index contributed by atoms with van der Waals surface area (Å²) in [7, 11) is 2.63. The number of fused-ring (bicyclic) bond motifs is 1. The predicted octanol–water partition coefficient (Wildman–Crippen LogP) is -3.23. The fraction of sp³-hybridized carbons (Fsp3) is 0.941. The van der Waals surface area contributed by atoms with Crippen LogP contribution in [0.4, 0.5) is 0 Å². The molecule has 3 fully saturated rings. The van der Waals surface area contributed by atoms with Crippen molar-refractivity contribution in [2.45, 2.75) is 74.1 Å². The number of carboxylic acids is 1. The lowest BCUT2D eigenvalue weighted by Gasteiger charge is -2.48. The molecule has 0 aliphatic carbocycles. The van der Waals surface area contributed by atoms with Crippen molar-refractivity contribution in [3.8, 4) is 0 Å². The molecule has 3 saturated heterocycles. The first-order valence-corrected chi connectivity index (χ1v) is 9.38. The van der Waals surface area contributed by atoms with Gasteiger partial charge in [0.1, 0.15) is 48.8 Å². The zero-order valence-electron chi connectivity index (χ0n) is 16.7. The molecule has 0 bridgehead atoms. The maximum absolute atomic E-state index is 11.3. The van der Waals surface area contributed by atoms with Crippen molar-refractivity contribution in [2.24, 2.45) is 0 Å². The third-order valence-electron chi connectivity index (χ3n) is 5.45. The number of rotatable bonds is 7. The van der Waals surface area contributed by atoms with Crippen LogP contribution in [0.3, 0.4) is 0 Å². The van der Waals surface area contributed by atoms with E-state index in [4.69, 9.17) is 33.2 Å². The molecule has 3 aliphatic rings. The highest BCUT2D eigenvalue weighted by Gasteiger charge is 2.56. The number of carboxylic acid groups (broad SMARTS) is 1. The van der Waals surface area contributed by atoms with Gasteiger partial charge in [-0.05, 0) is 0 Å². The van der Waals surface area contributed by atoms with E-state index in [9.17, 15) is 30.3 Å². The van der Waals surface area contributed by atoms with Crippen LogP contribution in [-0.2, 0) is 38.0 Å². The van der Waals surface area contributed by atoms with E-state index >= 15 is 0 Å². The summed E-state index contributed by atoms with van der Waals surface area (Å²) < 4.78 is 37.2. The van der Waals surface area contributed by atoms with E-state index in [0.717, 1.165) is 0 Å². The van der Waals surface area contributed by atoms with Gasteiger partial charge in [0.05, 0.1) is 13.2 Å². The highest BCUT2D eigenvalue weighted by molar-refractivity contribution is 5.75. The van der Waals surface area contributed by atoms with Crippen LogP contribution in [0, 0.1) is 0 Å². The Balaban J connectivity index is 1.70. The Bertz CT molecular complexity index is 598. The molecule has 3 rings (SSSR count). The number of hydrogen-bond donors (Lipinski definition) is 5. The smallest absolute Gasteiger partial charge is 0.364 e. The zero-order valence-corrected chi connectivity index (χ0v) is 16.7. The third-order valence-corrected chi connectivity index (χ3v) is 5.45. The fourth-order valence-electron chi connectivity index (χ4n) is 3.71. The Kier molecular flexibility index (Phi) is 7.31. The maximum Gasteiger partial charge on any atom is 0.364 e. The molecule has 0 aromatic heterocycles. The number of ether oxygens (including phenoxy) is 7. The van der Waals surface area contributed by atoms with Gasteiger partial charge in [-0.1, -0.05) is 0 Å². The van der Waals surface area contributed by atoms with Crippen molar-refractivity contribution >= 4 is 5.97 Å². The third kappa shape index (κ3) is 4.33. The van der Waals surface area contributed by atoms with Crippen LogP contribution < -0.4 is 0 Å². The molecular formula is C17H28O13. The van der Waals surface area contributed by atoms with E-state index in [1.54, 1.807) is 0 Å².